The van der Waals surface area contributed by atoms with Gasteiger partial charge in [0.15, 0.2) is 0 Å². The standard InChI is InChI=1S/C24H38N6O3/c1-5-6-22(24(33)25-17-31)30(18-32)21-8-7-20(13-23(21)26(2)3)29-11-9-28(10-12-29)16-19-14-27(4)15-19/h7-8,13,17-19,22H,5-6,9-12,14-16H2,1-4H3,(H,25,31,33). The zero-order chi connectivity index (χ0) is 24.0. The lowest BCUT2D eigenvalue weighted by molar-refractivity contribution is -0.127. The van der Waals surface area contributed by atoms with Crippen molar-refractivity contribution in [2.24, 2.45) is 5.92 Å². The molecule has 9 heteroatoms. The molecule has 1 unspecified atom stereocenters. The Balaban J connectivity index is 1.75. The number of carbonyl (C=O) groups is 3. The van der Waals surface area contributed by atoms with Crippen molar-refractivity contribution in [2.75, 3.05) is 81.7 Å². The molecule has 0 saturated carbocycles. The average Bonchev–Trinajstić information content (AvgIpc) is 2.78. The van der Waals surface area contributed by atoms with Gasteiger partial charge in [-0.15, -0.1) is 0 Å². The maximum atomic E-state index is 12.5. The Morgan fingerprint density at radius 2 is 1.85 bits per heavy atom. The summed E-state index contributed by atoms with van der Waals surface area (Å²) in [6.07, 6.45) is 2.22. The summed E-state index contributed by atoms with van der Waals surface area (Å²) >= 11 is 0. The van der Waals surface area contributed by atoms with E-state index >= 15 is 0 Å². The first-order valence-electron chi connectivity index (χ1n) is 11.8. The number of likely N-dealkylation sites (tertiary alicyclic amines) is 1. The molecule has 2 aliphatic rings. The summed E-state index contributed by atoms with van der Waals surface area (Å²) in [4.78, 5) is 46.1. The molecule has 3 rings (SSSR count). The smallest absolute Gasteiger partial charge is 0.249 e. The van der Waals surface area contributed by atoms with Gasteiger partial charge in [-0.1, -0.05) is 13.3 Å². The van der Waals surface area contributed by atoms with Crippen LogP contribution in [0.4, 0.5) is 17.1 Å². The predicted octanol–water partition coefficient (Wildman–Crippen LogP) is 0.840. The predicted molar refractivity (Wildman–Crippen MR) is 132 cm³/mol. The molecule has 1 aromatic rings. The van der Waals surface area contributed by atoms with Gasteiger partial charge in [0, 0.05) is 65.6 Å². The van der Waals surface area contributed by atoms with Crippen molar-refractivity contribution in [3.8, 4) is 0 Å². The SMILES string of the molecule is CCCC(C(=O)NC=O)N(C=O)c1ccc(N2CCN(CC3CN(C)C3)CC2)cc1N(C)C. The van der Waals surface area contributed by atoms with Crippen molar-refractivity contribution in [1.29, 1.82) is 0 Å². The fourth-order valence-corrected chi connectivity index (χ4v) is 4.90. The van der Waals surface area contributed by atoms with Crippen LogP contribution < -0.4 is 20.0 Å². The fourth-order valence-electron chi connectivity index (χ4n) is 4.90. The molecule has 0 spiro atoms. The number of hydrogen-bond acceptors (Lipinski definition) is 7. The third-order valence-corrected chi connectivity index (χ3v) is 6.63. The van der Waals surface area contributed by atoms with E-state index in [0.717, 1.165) is 43.5 Å². The molecule has 1 atom stereocenters. The lowest BCUT2D eigenvalue weighted by Crippen LogP contribution is -2.53. The van der Waals surface area contributed by atoms with Gasteiger partial charge >= 0.3 is 0 Å². The molecule has 1 N–H and O–H groups in total. The zero-order valence-electron chi connectivity index (χ0n) is 20.4. The van der Waals surface area contributed by atoms with Crippen LogP contribution in [0.1, 0.15) is 19.8 Å². The number of carbonyl (C=O) groups excluding carboxylic acids is 3. The van der Waals surface area contributed by atoms with Gasteiger partial charge in [-0.3, -0.25) is 24.6 Å². The first-order chi connectivity index (χ1) is 15.9. The first-order valence-corrected chi connectivity index (χ1v) is 11.8. The fraction of sp³-hybridized carbons (Fsp3) is 0.625. The van der Waals surface area contributed by atoms with E-state index < -0.39 is 11.9 Å². The van der Waals surface area contributed by atoms with E-state index in [4.69, 9.17) is 0 Å². The minimum Gasteiger partial charge on any atom is -0.376 e. The molecule has 2 fully saturated rings. The summed E-state index contributed by atoms with van der Waals surface area (Å²) in [5.74, 6) is 0.324. The van der Waals surface area contributed by atoms with Gasteiger partial charge in [-0.25, -0.2) is 0 Å². The number of rotatable bonds is 11. The minimum absolute atomic E-state index is 0.368. The van der Waals surface area contributed by atoms with Crippen LogP contribution in [0.2, 0.25) is 0 Å². The van der Waals surface area contributed by atoms with Gasteiger partial charge in [0.25, 0.3) is 0 Å². The van der Waals surface area contributed by atoms with E-state index in [1.807, 2.05) is 38.1 Å². The van der Waals surface area contributed by atoms with Gasteiger partial charge in [-0.05, 0) is 37.6 Å². The van der Waals surface area contributed by atoms with Crippen LogP contribution in [0.5, 0.6) is 0 Å². The molecule has 0 aromatic heterocycles. The number of amides is 3. The largest absolute Gasteiger partial charge is 0.376 e. The lowest BCUT2D eigenvalue weighted by atomic mass is 10.0. The van der Waals surface area contributed by atoms with Gasteiger partial charge in [-0.2, -0.15) is 0 Å². The average molecular weight is 459 g/mol. The van der Waals surface area contributed by atoms with Crippen LogP contribution in [-0.4, -0.2) is 102 Å². The minimum atomic E-state index is -0.739. The maximum absolute atomic E-state index is 12.5. The molecular formula is C24H38N6O3. The molecule has 1 aromatic carbocycles. The Morgan fingerprint density at radius 1 is 1.15 bits per heavy atom. The number of nitrogens with zero attached hydrogens (tertiary/aromatic N) is 5. The second-order valence-electron chi connectivity index (χ2n) is 9.39. The van der Waals surface area contributed by atoms with E-state index in [1.54, 1.807) is 0 Å². The van der Waals surface area contributed by atoms with E-state index in [0.29, 0.717) is 31.3 Å². The highest BCUT2D eigenvalue weighted by Crippen LogP contribution is 2.34. The van der Waals surface area contributed by atoms with Gasteiger partial charge in [0.1, 0.15) is 6.04 Å². The highest BCUT2D eigenvalue weighted by molar-refractivity contribution is 5.98. The van der Waals surface area contributed by atoms with Gasteiger partial charge < -0.3 is 19.6 Å². The molecule has 2 aliphatic heterocycles. The normalized spacial score (nSPS) is 18.4. The Hall–Kier alpha value is -2.65. The monoisotopic (exact) mass is 458 g/mol. The van der Waals surface area contributed by atoms with Crippen LogP contribution in [-0.2, 0) is 14.4 Å². The number of anilines is 3. The highest BCUT2D eigenvalue weighted by atomic mass is 16.2. The lowest BCUT2D eigenvalue weighted by Gasteiger charge is -2.42. The van der Waals surface area contributed by atoms with Crippen LogP contribution >= 0.6 is 0 Å². The molecule has 9 nitrogen and oxygen atoms in total. The second-order valence-corrected chi connectivity index (χ2v) is 9.39. The maximum Gasteiger partial charge on any atom is 0.249 e. The van der Waals surface area contributed by atoms with Crippen molar-refractivity contribution in [3.63, 3.8) is 0 Å². The third kappa shape index (κ3) is 6.03. The summed E-state index contributed by atoms with van der Waals surface area (Å²) in [6.45, 7) is 9.54. The van der Waals surface area contributed by atoms with Crippen LogP contribution in [0.3, 0.4) is 0 Å². The summed E-state index contributed by atoms with van der Waals surface area (Å²) in [5.41, 5.74) is 2.63. The van der Waals surface area contributed by atoms with Crippen molar-refractivity contribution in [1.82, 2.24) is 15.1 Å². The summed E-state index contributed by atoms with van der Waals surface area (Å²) < 4.78 is 0. The Morgan fingerprint density at radius 3 is 2.39 bits per heavy atom. The first kappa shape index (κ1) is 25.0. The van der Waals surface area contributed by atoms with Crippen molar-refractivity contribution < 1.29 is 14.4 Å². The number of benzene rings is 1. The molecule has 0 bridgehead atoms. The Kier molecular flexibility index (Phi) is 8.68. The topological polar surface area (TPSA) is 79.4 Å². The summed E-state index contributed by atoms with van der Waals surface area (Å²) in [6, 6.07) is 5.28. The van der Waals surface area contributed by atoms with Crippen LogP contribution in [0.15, 0.2) is 18.2 Å². The summed E-state index contributed by atoms with van der Waals surface area (Å²) in [7, 11) is 6.03. The highest BCUT2D eigenvalue weighted by Gasteiger charge is 2.29. The molecule has 182 valence electrons. The van der Waals surface area contributed by atoms with E-state index in [2.05, 4.69) is 33.1 Å². The number of hydrogen-bond donors (Lipinski definition) is 1. The Bertz CT molecular complexity index is 818. The molecule has 0 aliphatic carbocycles. The zero-order valence-corrected chi connectivity index (χ0v) is 20.4. The summed E-state index contributed by atoms with van der Waals surface area (Å²) in [5, 5.41) is 2.21. The Labute approximate surface area is 197 Å². The quantitative estimate of drug-likeness (QED) is 0.492. The van der Waals surface area contributed by atoms with Crippen molar-refractivity contribution >= 4 is 35.8 Å². The third-order valence-electron chi connectivity index (χ3n) is 6.63. The molecule has 0 radical (unpaired) electrons. The van der Waals surface area contributed by atoms with Gasteiger partial charge in [0.2, 0.25) is 18.7 Å². The van der Waals surface area contributed by atoms with Crippen molar-refractivity contribution in [2.45, 2.75) is 25.8 Å². The molecule has 2 heterocycles. The molecular weight excluding hydrogens is 420 g/mol. The number of piperazine rings is 1. The van der Waals surface area contributed by atoms with Crippen molar-refractivity contribution in [3.05, 3.63) is 18.2 Å². The molecule has 33 heavy (non-hydrogen) atoms. The van der Waals surface area contributed by atoms with Crippen LogP contribution in [0, 0.1) is 5.92 Å². The van der Waals surface area contributed by atoms with E-state index in [9.17, 15) is 14.4 Å². The second kappa shape index (κ2) is 11.5. The van der Waals surface area contributed by atoms with E-state index in [-0.39, 0.29) is 0 Å². The number of nitrogens with one attached hydrogen (secondary N) is 1. The number of imide groups is 1. The van der Waals surface area contributed by atoms with Gasteiger partial charge in [0.05, 0.1) is 11.4 Å². The van der Waals surface area contributed by atoms with E-state index in [1.165, 1.54) is 24.5 Å². The van der Waals surface area contributed by atoms with Crippen LogP contribution in [0.25, 0.3) is 0 Å². The molecule has 2 saturated heterocycles. The molecule has 3 amide bonds.